The highest BCUT2D eigenvalue weighted by atomic mass is 19.1. The summed E-state index contributed by atoms with van der Waals surface area (Å²) in [5.41, 5.74) is 1.54. The van der Waals surface area contributed by atoms with Crippen molar-refractivity contribution in [2.24, 2.45) is 0 Å². The third kappa shape index (κ3) is 4.70. The first-order valence-corrected chi connectivity index (χ1v) is 8.21. The number of rotatable bonds is 6. The smallest absolute Gasteiger partial charge is 0.321 e. The highest BCUT2D eigenvalue weighted by Gasteiger charge is 2.19. The van der Waals surface area contributed by atoms with E-state index in [4.69, 9.17) is 9.47 Å². The number of aliphatic carboxylic acids is 1. The van der Waals surface area contributed by atoms with Crippen LogP contribution in [0.15, 0.2) is 42.5 Å². The Morgan fingerprint density at radius 1 is 1.12 bits per heavy atom. The molecule has 0 saturated carbocycles. The second kappa shape index (κ2) is 7.98. The molecule has 0 fully saturated rings. The second-order valence-corrected chi connectivity index (χ2v) is 5.94. The molecule has 25 heavy (non-hydrogen) atoms. The monoisotopic (exact) mass is 345 g/mol. The van der Waals surface area contributed by atoms with Crippen LogP contribution in [0, 0.1) is 5.82 Å². The molecule has 1 atom stereocenters. The molecular formula is C19H20FNO4. The van der Waals surface area contributed by atoms with E-state index in [1.165, 1.54) is 12.1 Å². The summed E-state index contributed by atoms with van der Waals surface area (Å²) in [5.74, 6) is 0.0303. The van der Waals surface area contributed by atoms with Crippen molar-refractivity contribution in [3.8, 4) is 11.5 Å². The van der Waals surface area contributed by atoms with Crippen LogP contribution in [0.5, 0.6) is 11.5 Å². The van der Waals surface area contributed by atoms with Crippen molar-refractivity contribution < 1.29 is 23.8 Å². The van der Waals surface area contributed by atoms with E-state index in [2.05, 4.69) is 5.32 Å². The van der Waals surface area contributed by atoms with Gasteiger partial charge in [0.25, 0.3) is 0 Å². The number of nitrogens with one attached hydrogen (secondary N) is 1. The minimum Gasteiger partial charge on any atom is -0.490 e. The van der Waals surface area contributed by atoms with Crippen LogP contribution >= 0.6 is 0 Å². The fourth-order valence-corrected chi connectivity index (χ4v) is 2.71. The first kappa shape index (κ1) is 17.2. The van der Waals surface area contributed by atoms with E-state index in [0.717, 1.165) is 12.0 Å². The van der Waals surface area contributed by atoms with Gasteiger partial charge in [0.15, 0.2) is 11.5 Å². The Kier molecular flexibility index (Phi) is 5.50. The molecule has 0 aromatic heterocycles. The fraction of sp³-hybridized carbons (Fsp3) is 0.316. The zero-order valence-electron chi connectivity index (χ0n) is 13.7. The number of carboxylic acids is 1. The van der Waals surface area contributed by atoms with Crippen molar-refractivity contribution in [3.63, 3.8) is 0 Å². The molecule has 1 heterocycles. The number of ether oxygens (including phenoxy) is 2. The van der Waals surface area contributed by atoms with Crippen molar-refractivity contribution >= 4 is 5.97 Å². The maximum atomic E-state index is 13.2. The first-order chi connectivity index (χ1) is 12.1. The average molecular weight is 345 g/mol. The van der Waals surface area contributed by atoms with Gasteiger partial charge in [-0.25, -0.2) is 4.39 Å². The molecule has 6 heteroatoms. The SMILES string of the molecule is O=C(O)C(Cc1ccc2c(c1)OCCCO2)NCc1cccc(F)c1. The summed E-state index contributed by atoms with van der Waals surface area (Å²) in [6.07, 6.45) is 1.11. The van der Waals surface area contributed by atoms with Crippen LogP contribution in [-0.4, -0.2) is 30.3 Å². The van der Waals surface area contributed by atoms with E-state index in [9.17, 15) is 14.3 Å². The van der Waals surface area contributed by atoms with Crippen molar-refractivity contribution in [3.05, 3.63) is 59.4 Å². The number of carboxylic acid groups (broad SMARTS) is 1. The number of halogens is 1. The molecule has 2 aromatic rings. The Balaban J connectivity index is 1.67. The van der Waals surface area contributed by atoms with Crippen LogP contribution in [-0.2, 0) is 17.8 Å². The van der Waals surface area contributed by atoms with Crippen molar-refractivity contribution in [2.75, 3.05) is 13.2 Å². The molecule has 0 amide bonds. The van der Waals surface area contributed by atoms with E-state index >= 15 is 0 Å². The van der Waals surface area contributed by atoms with Crippen LogP contribution in [0.1, 0.15) is 17.5 Å². The highest BCUT2D eigenvalue weighted by Crippen LogP contribution is 2.30. The number of carbonyl (C=O) groups is 1. The summed E-state index contributed by atoms with van der Waals surface area (Å²) in [6, 6.07) is 10.8. The van der Waals surface area contributed by atoms with Gasteiger partial charge in [0.2, 0.25) is 0 Å². The van der Waals surface area contributed by atoms with Crippen LogP contribution in [0.3, 0.4) is 0 Å². The van der Waals surface area contributed by atoms with E-state index < -0.39 is 12.0 Å². The zero-order chi connectivity index (χ0) is 17.6. The van der Waals surface area contributed by atoms with Gasteiger partial charge in [0.05, 0.1) is 13.2 Å². The van der Waals surface area contributed by atoms with Gasteiger partial charge in [0, 0.05) is 13.0 Å². The molecule has 1 aliphatic rings. The molecule has 0 aliphatic carbocycles. The lowest BCUT2D eigenvalue weighted by Gasteiger charge is -2.16. The Morgan fingerprint density at radius 3 is 2.68 bits per heavy atom. The standard InChI is InChI=1S/C19H20FNO4/c20-15-4-1-3-14(9-15)12-21-16(19(22)23)10-13-5-6-17-18(11-13)25-8-2-7-24-17/h1,3-6,9,11,16,21H,2,7-8,10,12H2,(H,22,23). The van der Waals surface area contributed by atoms with E-state index in [0.29, 0.717) is 36.7 Å². The molecular weight excluding hydrogens is 325 g/mol. The lowest BCUT2D eigenvalue weighted by molar-refractivity contribution is -0.139. The fourth-order valence-electron chi connectivity index (χ4n) is 2.71. The van der Waals surface area contributed by atoms with Gasteiger partial charge in [-0.05, 0) is 41.8 Å². The number of hydrogen-bond acceptors (Lipinski definition) is 4. The minimum atomic E-state index is -0.955. The highest BCUT2D eigenvalue weighted by molar-refractivity contribution is 5.74. The molecule has 1 aliphatic heterocycles. The molecule has 0 spiro atoms. The van der Waals surface area contributed by atoms with Crippen molar-refractivity contribution in [1.29, 1.82) is 0 Å². The maximum absolute atomic E-state index is 13.2. The van der Waals surface area contributed by atoms with Gasteiger partial charge in [0.1, 0.15) is 11.9 Å². The van der Waals surface area contributed by atoms with Crippen LogP contribution in [0.2, 0.25) is 0 Å². The summed E-state index contributed by atoms with van der Waals surface area (Å²) in [4.78, 5) is 11.5. The largest absolute Gasteiger partial charge is 0.490 e. The molecule has 5 nitrogen and oxygen atoms in total. The normalized spacial score (nSPS) is 14.6. The van der Waals surface area contributed by atoms with Crippen LogP contribution in [0.25, 0.3) is 0 Å². The molecule has 0 bridgehead atoms. The van der Waals surface area contributed by atoms with Gasteiger partial charge in [-0.15, -0.1) is 0 Å². The topological polar surface area (TPSA) is 67.8 Å². The van der Waals surface area contributed by atoms with Gasteiger partial charge < -0.3 is 19.9 Å². The van der Waals surface area contributed by atoms with E-state index in [1.807, 2.05) is 18.2 Å². The van der Waals surface area contributed by atoms with Crippen LogP contribution < -0.4 is 14.8 Å². The Morgan fingerprint density at radius 2 is 1.92 bits per heavy atom. The lowest BCUT2D eigenvalue weighted by atomic mass is 10.0. The summed E-state index contributed by atoms with van der Waals surface area (Å²) < 4.78 is 24.4. The predicted octanol–water partition coefficient (Wildman–Crippen LogP) is 2.77. The van der Waals surface area contributed by atoms with Gasteiger partial charge in [-0.2, -0.15) is 0 Å². The predicted molar refractivity (Wildman–Crippen MR) is 90.4 cm³/mol. The molecule has 0 saturated heterocycles. The van der Waals surface area contributed by atoms with Crippen molar-refractivity contribution in [1.82, 2.24) is 5.32 Å². The molecule has 0 radical (unpaired) electrons. The molecule has 3 rings (SSSR count). The number of hydrogen-bond donors (Lipinski definition) is 2. The average Bonchev–Trinajstić information content (AvgIpc) is 2.83. The minimum absolute atomic E-state index is 0.277. The van der Waals surface area contributed by atoms with Crippen molar-refractivity contribution in [2.45, 2.75) is 25.4 Å². The molecule has 2 aromatic carbocycles. The lowest BCUT2D eigenvalue weighted by Crippen LogP contribution is -2.38. The van der Waals surface area contributed by atoms with Gasteiger partial charge >= 0.3 is 5.97 Å². The quantitative estimate of drug-likeness (QED) is 0.843. The summed E-state index contributed by atoms with van der Waals surface area (Å²) in [5, 5.41) is 12.4. The van der Waals surface area contributed by atoms with E-state index in [1.54, 1.807) is 12.1 Å². The number of fused-ring (bicyclic) bond motifs is 1. The first-order valence-electron chi connectivity index (χ1n) is 8.21. The summed E-state index contributed by atoms with van der Waals surface area (Å²) in [6.45, 7) is 1.47. The zero-order valence-corrected chi connectivity index (χ0v) is 13.7. The summed E-state index contributed by atoms with van der Waals surface area (Å²) in [7, 11) is 0. The molecule has 132 valence electrons. The maximum Gasteiger partial charge on any atom is 0.321 e. The second-order valence-electron chi connectivity index (χ2n) is 5.94. The Hall–Kier alpha value is -2.60. The van der Waals surface area contributed by atoms with Crippen LogP contribution in [0.4, 0.5) is 4.39 Å². The third-order valence-electron chi connectivity index (χ3n) is 3.99. The van der Waals surface area contributed by atoms with Gasteiger partial charge in [-0.1, -0.05) is 18.2 Å². The Bertz CT molecular complexity index is 750. The van der Waals surface area contributed by atoms with E-state index in [-0.39, 0.29) is 12.4 Å². The van der Waals surface area contributed by atoms with Gasteiger partial charge in [-0.3, -0.25) is 4.79 Å². The number of benzene rings is 2. The molecule has 1 unspecified atom stereocenters. The summed E-state index contributed by atoms with van der Waals surface area (Å²) >= 11 is 0. The Labute approximate surface area is 145 Å². The third-order valence-corrected chi connectivity index (χ3v) is 3.99. The molecule has 2 N–H and O–H groups in total.